The van der Waals surface area contributed by atoms with Crippen molar-refractivity contribution in [1.82, 2.24) is 5.32 Å². The molecule has 1 rings (SSSR count). The van der Waals surface area contributed by atoms with Crippen molar-refractivity contribution in [2.24, 2.45) is 5.92 Å². The standard InChI is InChI=1S/C15H22F3NO2/c1-3-19-9-12(10-21-11-15(16,17)18)8-13-6-4-5-7-14(13)20-2/h4-7,12,19H,3,8-11H2,1-2H3. The van der Waals surface area contributed by atoms with Gasteiger partial charge in [-0.05, 0) is 30.5 Å². The van der Waals surface area contributed by atoms with Crippen molar-refractivity contribution in [2.45, 2.75) is 19.5 Å². The summed E-state index contributed by atoms with van der Waals surface area (Å²) < 4.78 is 46.5. The molecule has 0 aromatic heterocycles. The van der Waals surface area contributed by atoms with Crippen LogP contribution in [0.1, 0.15) is 12.5 Å². The normalized spacial score (nSPS) is 13.2. The van der Waals surface area contributed by atoms with Crippen LogP contribution in [-0.2, 0) is 11.2 Å². The van der Waals surface area contributed by atoms with Crippen LogP contribution >= 0.6 is 0 Å². The predicted molar refractivity (Wildman–Crippen MR) is 75.6 cm³/mol. The number of rotatable bonds is 9. The minimum atomic E-state index is -4.28. The highest BCUT2D eigenvalue weighted by molar-refractivity contribution is 5.33. The first kappa shape index (κ1) is 17.8. The number of ether oxygens (including phenoxy) is 2. The maximum Gasteiger partial charge on any atom is 0.411 e. The van der Waals surface area contributed by atoms with Crippen molar-refractivity contribution >= 4 is 0 Å². The quantitative estimate of drug-likeness (QED) is 0.760. The zero-order chi connectivity index (χ0) is 15.7. The van der Waals surface area contributed by atoms with E-state index in [9.17, 15) is 13.2 Å². The van der Waals surface area contributed by atoms with E-state index in [4.69, 9.17) is 9.47 Å². The molecule has 21 heavy (non-hydrogen) atoms. The lowest BCUT2D eigenvalue weighted by Gasteiger charge is -2.19. The summed E-state index contributed by atoms with van der Waals surface area (Å²) in [7, 11) is 1.58. The SMILES string of the molecule is CCNCC(COCC(F)(F)F)Cc1ccccc1OC. The van der Waals surface area contributed by atoms with Gasteiger partial charge in [-0.2, -0.15) is 13.2 Å². The van der Waals surface area contributed by atoms with Crippen LogP contribution in [0.5, 0.6) is 5.75 Å². The molecule has 0 heterocycles. The Morgan fingerprint density at radius 2 is 1.95 bits per heavy atom. The van der Waals surface area contributed by atoms with Crippen molar-refractivity contribution in [2.75, 3.05) is 33.4 Å². The number of halogens is 3. The van der Waals surface area contributed by atoms with E-state index in [2.05, 4.69) is 5.32 Å². The lowest BCUT2D eigenvalue weighted by atomic mass is 9.99. The second-order valence-corrected chi connectivity index (χ2v) is 4.82. The van der Waals surface area contributed by atoms with Gasteiger partial charge in [0.2, 0.25) is 0 Å². The minimum Gasteiger partial charge on any atom is -0.496 e. The Hall–Kier alpha value is -1.27. The zero-order valence-corrected chi connectivity index (χ0v) is 12.4. The third kappa shape index (κ3) is 7.34. The lowest BCUT2D eigenvalue weighted by Crippen LogP contribution is -2.29. The second kappa shape index (κ2) is 8.89. The molecular weight excluding hydrogens is 283 g/mol. The highest BCUT2D eigenvalue weighted by Gasteiger charge is 2.28. The van der Waals surface area contributed by atoms with E-state index in [0.717, 1.165) is 17.9 Å². The van der Waals surface area contributed by atoms with Gasteiger partial charge in [0.15, 0.2) is 0 Å². The van der Waals surface area contributed by atoms with E-state index in [1.165, 1.54) is 0 Å². The van der Waals surface area contributed by atoms with Gasteiger partial charge in [-0.3, -0.25) is 0 Å². The lowest BCUT2D eigenvalue weighted by molar-refractivity contribution is -0.176. The van der Waals surface area contributed by atoms with Crippen molar-refractivity contribution in [1.29, 1.82) is 0 Å². The van der Waals surface area contributed by atoms with Gasteiger partial charge in [0.05, 0.1) is 13.7 Å². The van der Waals surface area contributed by atoms with Gasteiger partial charge in [-0.1, -0.05) is 25.1 Å². The molecule has 0 radical (unpaired) electrons. The molecule has 1 aromatic rings. The Kier molecular flexibility index (Phi) is 7.53. The van der Waals surface area contributed by atoms with Gasteiger partial charge in [0, 0.05) is 6.54 Å². The van der Waals surface area contributed by atoms with E-state index >= 15 is 0 Å². The monoisotopic (exact) mass is 305 g/mol. The second-order valence-electron chi connectivity index (χ2n) is 4.82. The topological polar surface area (TPSA) is 30.5 Å². The fourth-order valence-corrected chi connectivity index (χ4v) is 2.06. The van der Waals surface area contributed by atoms with Crippen molar-refractivity contribution in [3.63, 3.8) is 0 Å². The van der Waals surface area contributed by atoms with Crippen LogP contribution < -0.4 is 10.1 Å². The number of benzene rings is 1. The van der Waals surface area contributed by atoms with E-state index < -0.39 is 12.8 Å². The molecule has 120 valence electrons. The Morgan fingerprint density at radius 3 is 2.57 bits per heavy atom. The Bertz CT molecular complexity index is 410. The number of alkyl halides is 3. The number of hydrogen-bond donors (Lipinski definition) is 1. The van der Waals surface area contributed by atoms with Crippen LogP contribution in [-0.4, -0.2) is 39.6 Å². The molecule has 1 atom stereocenters. The first-order valence-corrected chi connectivity index (χ1v) is 6.93. The summed E-state index contributed by atoms with van der Waals surface area (Å²) in [6.45, 7) is 2.18. The third-order valence-corrected chi connectivity index (χ3v) is 3.00. The molecular formula is C15H22F3NO2. The fraction of sp³-hybridized carbons (Fsp3) is 0.600. The highest BCUT2D eigenvalue weighted by atomic mass is 19.4. The molecule has 6 heteroatoms. The van der Waals surface area contributed by atoms with Crippen LogP contribution in [0.4, 0.5) is 13.2 Å². The maximum absolute atomic E-state index is 12.1. The molecule has 0 aliphatic carbocycles. The molecule has 0 aliphatic heterocycles. The van der Waals surface area contributed by atoms with Crippen LogP contribution in [0.25, 0.3) is 0 Å². The van der Waals surface area contributed by atoms with Crippen LogP contribution in [0.2, 0.25) is 0 Å². The molecule has 0 saturated carbocycles. The highest BCUT2D eigenvalue weighted by Crippen LogP contribution is 2.21. The molecule has 1 aromatic carbocycles. The Morgan fingerprint density at radius 1 is 1.24 bits per heavy atom. The first-order valence-electron chi connectivity index (χ1n) is 6.93. The zero-order valence-electron chi connectivity index (χ0n) is 12.4. The van der Waals surface area contributed by atoms with E-state index in [1.54, 1.807) is 7.11 Å². The smallest absolute Gasteiger partial charge is 0.411 e. The molecule has 1 N–H and O–H groups in total. The predicted octanol–water partition coefficient (Wildman–Crippen LogP) is 3.04. The number of methoxy groups -OCH3 is 1. The van der Waals surface area contributed by atoms with Crippen molar-refractivity contribution < 1.29 is 22.6 Å². The summed E-state index contributed by atoms with van der Waals surface area (Å²) in [5.74, 6) is 0.707. The van der Waals surface area contributed by atoms with Gasteiger partial charge >= 0.3 is 6.18 Å². The summed E-state index contributed by atoms with van der Waals surface area (Å²) in [5.41, 5.74) is 0.971. The largest absolute Gasteiger partial charge is 0.496 e. The van der Waals surface area contributed by atoms with E-state index in [0.29, 0.717) is 13.0 Å². The average molecular weight is 305 g/mol. The molecule has 0 amide bonds. The number of nitrogens with one attached hydrogen (secondary N) is 1. The van der Waals surface area contributed by atoms with Crippen molar-refractivity contribution in [3.05, 3.63) is 29.8 Å². The molecule has 0 saturated heterocycles. The summed E-state index contributed by atoms with van der Waals surface area (Å²) in [4.78, 5) is 0. The Balaban J connectivity index is 2.60. The summed E-state index contributed by atoms with van der Waals surface area (Å²) in [6.07, 6.45) is -3.68. The first-order chi connectivity index (χ1) is 9.96. The molecule has 0 bridgehead atoms. The number of hydrogen-bond acceptors (Lipinski definition) is 3. The molecule has 0 fully saturated rings. The van der Waals surface area contributed by atoms with Crippen LogP contribution in [0, 0.1) is 5.92 Å². The van der Waals surface area contributed by atoms with Gasteiger partial charge < -0.3 is 14.8 Å². The fourth-order valence-electron chi connectivity index (χ4n) is 2.06. The maximum atomic E-state index is 12.1. The third-order valence-electron chi connectivity index (χ3n) is 3.00. The van der Waals surface area contributed by atoms with Gasteiger partial charge in [-0.15, -0.1) is 0 Å². The summed E-state index contributed by atoms with van der Waals surface area (Å²) >= 11 is 0. The van der Waals surface area contributed by atoms with E-state index in [-0.39, 0.29) is 12.5 Å². The van der Waals surface area contributed by atoms with Crippen molar-refractivity contribution in [3.8, 4) is 5.75 Å². The Labute approximate surface area is 123 Å². The minimum absolute atomic E-state index is 0.0383. The number of para-hydroxylation sites is 1. The molecule has 0 aliphatic rings. The summed E-state index contributed by atoms with van der Waals surface area (Å²) in [5, 5.41) is 3.15. The summed E-state index contributed by atoms with van der Waals surface area (Å²) in [6, 6.07) is 7.51. The van der Waals surface area contributed by atoms with Gasteiger partial charge in [0.25, 0.3) is 0 Å². The van der Waals surface area contributed by atoms with E-state index in [1.807, 2.05) is 31.2 Å². The van der Waals surface area contributed by atoms with Crippen LogP contribution in [0.3, 0.4) is 0 Å². The van der Waals surface area contributed by atoms with Gasteiger partial charge in [0.1, 0.15) is 12.4 Å². The molecule has 3 nitrogen and oxygen atoms in total. The van der Waals surface area contributed by atoms with Gasteiger partial charge in [-0.25, -0.2) is 0 Å². The average Bonchev–Trinajstić information content (AvgIpc) is 2.43. The van der Waals surface area contributed by atoms with Crippen LogP contribution in [0.15, 0.2) is 24.3 Å². The molecule has 0 spiro atoms. The molecule has 1 unspecified atom stereocenters.